The predicted molar refractivity (Wildman–Crippen MR) is 198 cm³/mol. The number of fused-ring (bicyclic) bond motifs is 3. The van der Waals surface area contributed by atoms with Crippen molar-refractivity contribution in [2.24, 2.45) is 0 Å². The Kier molecular flexibility index (Phi) is 7.36. The molecule has 0 unspecified atom stereocenters. The van der Waals surface area contributed by atoms with Crippen LogP contribution in [-0.2, 0) is 0 Å². The van der Waals surface area contributed by atoms with E-state index < -0.39 is 0 Å². The van der Waals surface area contributed by atoms with Crippen LogP contribution in [0.2, 0.25) is 0 Å². The molecule has 13 heteroatoms. The lowest BCUT2D eigenvalue weighted by Crippen LogP contribution is -2.09. The Balaban J connectivity index is 1.11. The first kappa shape index (κ1) is 31.6. The average Bonchev–Trinajstić information content (AvgIpc) is 4.00. The molecule has 3 aromatic carbocycles. The molecule has 0 N–H and O–H groups in total. The second-order valence-electron chi connectivity index (χ2n) is 11.4. The molecule has 6 aromatic rings. The van der Waals surface area contributed by atoms with Gasteiger partial charge in [-0.3, -0.25) is 14.4 Å². The highest BCUT2D eigenvalue weighted by atomic mass is 32.1. The summed E-state index contributed by atoms with van der Waals surface area (Å²) < 4.78 is 33.8. The largest absolute Gasteiger partial charge is 0.421 e. The monoisotopic (exact) mass is 743 g/mol. The maximum absolute atomic E-state index is 11.8. The Morgan fingerprint density at radius 3 is 0.904 bits per heavy atom. The van der Waals surface area contributed by atoms with Crippen molar-refractivity contribution < 1.29 is 42.8 Å². The number of hydrogen-bond acceptors (Lipinski definition) is 13. The SMILES string of the molecule is C=C1Oc2c(C=O)sc(-c3ccc(N(c4ccc(-c5sc(C=O)c6c5OC(=C)O6)cc4)c4ccc(-c5sc(C=O)c6c5OC(=C)O6)cc4)cc3)c2O1. The molecular weight excluding hydrogens is 723 g/mol. The lowest BCUT2D eigenvalue weighted by atomic mass is 10.1. The number of aldehydes is 3. The number of anilines is 3. The van der Waals surface area contributed by atoms with Gasteiger partial charge in [0.15, 0.2) is 53.4 Å². The Morgan fingerprint density at radius 2 is 0.654 bits per heavy atom. The standard InChI is InChI=1S/C39H21NO9S3/c1-19-44-31-28(16-41)50-37(34(31)47-19)22-4-10-25(11-5-22)40(26-12-6-23(7-13-26)38-35-32(29(17-42)51-38)45-20(2)48-35)27-14-8-24(9-15-27)39-36-33(30(18-43)52-39)46-21(3)49-36/h4-18H,1-3H2. The summed E-state index contributed by atoms with van der Waals surface area (Å²) in [5.74, 6) is 2.90. The molecule has 0 spiro atoms. The molecule has 0 amide bonds. The third-order valence-electron chi connectivity index (χ3n) is 8.32. The van der Waals surface area contributed by atoms with Gasteiger partial charge in [-0.25, -0.2) is 0 Å². The van der Waals surface area contributed by atoms with E-state index in [-0.39, 0.29) is 17.8 Å². The van der Waals surface area contributed by atoms with Gasteiger partial charge in [0.2, 0.25) is 0 Å². The molecule has 3 aliphatic heterocycles. The maximum atomic E-state index is 11.8. The molecule has 0 saturated carbocycles. The van der Waals surface area contributed by atoms with E-state index >= 15 is 0 Å². The van der Waals surface area contributed by atoms with Gasteiger partial charge in [-0.1, -0.05) is 36.4 Å². The van der Waals surface area contributed by atoms with Gasteiger partial charge in [0.1, 0.15) is 14.6 Å². The van der Waals surface area contributed by atoms with Crippen molar-refractivity contribution in [2.45, 2.75) is 0 Å². The highest BCUT2D eigenvalue weighted by molar-refractivity contribution is 7.18. The van der Waals surface area contributed by atoms with E-state index in [2.05, 4.69) is 24.6 Å². The minimum absolute atomic E-state index is 0.120. The summed E-state index contributed by atoms with van der Waals surface area (Å²) in [6.45, 7) is 11.2. The summed E-state index contributed by atoms with van der Waals surface area (Å²) in [6, 6.07) is 23.6. The highest BCUT2D eigenvalue weighted by Crippen LogP contribution is 2.54. The fourth-order valence-electron chi connectivity index (χ4n) is 6.10. The molecule has 10 nitrogen and oxygen atoms in total. The first-order valence-corrected chi connectivity index (χ1v) is 17.9. The summed E-state index contributed by atoms with van der Waals surface area (Å²) in [5.41, 5.74) is 5.04. The zero-order valence-corrected chi connectivity index (χ0v) is 29.1. The molecule has 254 valence electrons. The molecule has 6 heterocycles. The smallest absolute Gasteiger partial charge is 0.283 e. The van der Waals surface area contributed by atoms with Crippen LogP contribution in [-0.4, -0.2) is 18.9 Å². The van der Waals surface area contributed by atoms with E-state index in [1.54, 1.807) is 0 Å². The number of carbonyl (C=O) groups is 3. The van der Waals surface area contributed by atoms with Crippen molar-refractivity contribution in [3.63, 3.8) is 0 Å². The minimum Gasteiger partial charge on any atom is -0.421 e. The quantitative estimate of drug-likeness (QED) is 0.133. The second-order valence-corrected chi connectivity index (χ2v) is 14.6. The Morgan fingerprint density at radius 1 is 0.404 bits per heavy atom. The van der Waals surface area contributed by atoms with Crippen LogP contribution in [0.25, 0.3) is 31.3 Å². The number of rotatable bonds is 9. The predicted octanol–water partition coefficient (Wildman–Crippen LogP) is 10.5. The molecular formula is C39H21NO9S3. The third-order valence-corrected chi connectivity index (χ3v) is 11.7. The third kappa shape index (κ3) is 5.01. The lowest BCUT2D eigenvalue weighted by molar-refractivity contribution is 0.111. The summed E-state index contributed by atoms with van der Waals surface area (Å²) in [5, 5.41) is 0. The maximum Gasteiger partial charge on any atom is 0.283 e. The van der Waals surface area contributed by atoms with Crippen molar-refractivity contribution >= 4 is 69.9 Å². The van der Waals surface area contributed by atoms with Gasteiger partial charge in [0.05, 0.1) is 14.6 Å². The Hall–Kier alpha value is -6.41. The molecule has 0 radical (unpaired) electrons. The molecule has 0 bridgehead atoms. The molecule has 0 fully saturated rings. The number of nitrogens with zero attached hydrogens (tertiary/aromatic N) is 1. The molecule has 52 heavy (non-hydrogen) atoms. The Labute approximate surface area is 307 Å². The van der Waals surface area contributed by atoms with Crippen LogP contribution in [0.1, 0.15) is 29.0 Å². The van der Waals surface area contributed by atoms with Crippen molar-refractivity contribution in [1.82, 2.24) is 0 Å². The van der Waals surface area contributed by atoms with Crippen LogP contribution in [0.15, 0.2) is 110 Å². The van der Waals surface area contributed by atoms with Gasteiger partial charge in [-0.15, -0.1) is 34.0 Å². The van der Waals surface area contributed by atoms with E-state index in [0.29, 0.717) is 49.1 Å². The van der Waals surface area contributed by atoms with E-state index in [1.165, 1.54) is 34.0 Å². The fraction of sp³-hybridized carbons (Fsp3) is 0. The van der Waals surface area contributed by atoms with Gasteiger partial charge in [0, 0.05) is 17.1 Å². The number of thiophene rings is 3. The first-order chi connectivity index (χ1) is 25.3. The topological polar surface area (TPSA) is 110 Å². The summed E-state index contributed by atoms with van der Waals surface area (Å²) in [7, 11) is 0. The number of ether oxygens (including phenoxy) is 6. The van der Waals surface area contributed by atoms with Crippen molar-refractivity contribution in [3.8, 4) is 65.8 Å². The van der Waals surface area contributed by atoms with E-state index in [1.807, 2.05) is 72.8 Å². The minimum atomic E-state index is 0.120. The second kappa shape index (κ2) is 12.1. The average molecular weight is 744 g/mol. The van der Waals surface area contributed by atoms with Gasteiger partial charge in [-0.2, -0.15) is 0 Å². The molecule has 3 aliphatic rings. The van der Waals surface area contributed by atoms with E-state index in [4.69, 9.17) is 28.4 Å². The lowest BCUT2D eigenvalue weighted by Gasteiger charge is -2.26. The highest BCUT2D eigenvalue weighted by Gasteiger charge is 2.32. The summed E-state index contributed by atoms with van der Waals surface area (Å²) in [4.78, 5) is 40.9. The van der Waals surface area contributed by atoms with Crippen LogP contribution in [0.3, 0.4) is 0 Å². The molecule has 3 aromatic heterocycles. The van der Waals surface area contributed by atoms with Crippen molar-refractivity contribution in [3.05, 3.63) is 125 Å². The van der Waals surface area contributed by atoms with Crippen LogP contribution in [0.5, 0.6) is 34.5 Å². The van der Waals surface area contributed by atoms with Gasteiger partial charge in [0.25, 0.3) is 17.8 Å². The van der Waals surface area contributed by atoms with Gasteiger partial charge >= 0.3 is 0 Å². The van der Waals surface area contributed by atoms with Crippen LogP contribution in [0.4, 0.5) is 17.1 Å². The number of hydrogen-bond donors (Lipinski definition) is 0. The van der Waals surface area contributed by atoms with Crippen LogP contribution >= 0.6 is 34.0 Å². The molecule has 0 saturated heterocycles. The first-order valence-electron chi connectivity index (χ1n) is 15.4. The normalized spacial score (nSPS) is 13.5. The van der Waals surface area contributed by atoms with Gasteiger partial charge in [-0.05, 0) is 72.8 Å². The molecule has 0 atom stereocenters. The van der Waals surface area contributed by atoms with Crippen LogP contribution < -0.4 is 33.3 Å². The Bertz CT molecular complexity index is 2240. The number of benzene rings is 3. The van der Waals surface area contributed by atoms with E-state index in [9.17, 15) is 14.4 Å². The molecule has 9 rings (SSSR count). The van der Waals surface area contributed by atoms with Crippen molar-refractivity contribution in [1.29, 1.82) is 0 Å². The summed E-state index contributed by atoms with van der Waals surface area (Å²) >= 11 is 3.85. The van der Waals surface area contributed by atoms with E-state index in [0.717, 1.165) is 67.2 Å². The van der Waals surface area contributed by atoms with Gasteiger partial charge < -0.3 is 33.3 Å². The molecule has 0 aliphatic carbocycles. The van der Waals surface area contributed by atoms with Crippen LogP contribution in [0, 0.1) is 0 Å². The van der Waals surface area contributed by atoms with Crippen molar-refractivity contribution in [2.75, 3.05) is 4.90 Å². The number of carbonyl (C=O) groups excluding carboxylic acids is 3. The summed E-state index contributed by atoms with van der Waals surface area (Å²) in [6.07, 6.45) is 2.24. The zero-order chi connectivity index (χ0) is 35.7. The zero-order valence-electron chi connectivity index (χ0n) is 26.6. The fourth-order valence-corrected chi connectivity index (χ4v) is 9.03.